The number of hydrogen-bond acceptors (Lipinski definition) is 3. The molecule has 2 aromatic rings. The van der Waals surface area contributed by atoms with Crippen molar-refractivity contribution in [3.05, 3.63) is 52.5 Å². The van der Waals surface area contributed by atoms with Crippen LogP contribution in [0.5, 0.6) is 11.5 Å². The topological polar surface area (TPSA) is 47.6 Å². The average Bonchev–Trinajstić information content (AvgIpc) is 2.55. The van der Waals surface area contributed by atoms with Crippen LogP contribution in [-0.2, 0) is 10.2 Å². The van der Waals surface area contributed by atoms with Crippen molar-refractivity contribution in [1.82, 2.24) is 0 Å². The van der Waals surface area contributed by atoms with E-state index in [0.29, 0.717) is 17.2 Å². The first-order chi connectivity index (χ1) is 11.6. The van der Waals surface area contributed by atoms with Gasteiger partial charge in [-0.15, -0.1) is 0 Å². The first-order valence-electron chi connectivity index (χ1n) is 7.88. The van der Waals surface area contributed by atoms with Crippen molar-refractivity contribution >= 4 is 27.5 Å². The predicted molar refractivity (Wildman–Crippen MR) is 97.8 cm³/mol. The molecule has 0 aliphatic heterocycles. The highest BCUT2D eigenvalue weighted by atomic mass is 79.9. The summed E-state index contributed by atoms with van der Waals surface area (Å²) in [7, 11) is 3.19. The van der Waals surface area contributed by atoms with Gasteiger partial charge < -0.3 is 14.8 Å². The van der Waals surface area contributed by atoms with E-state index in [9.17, 15) is 4.79 Å². The Kier molecular flexibility index (Phi) is 4.81. The van der Waals surface area contributed by atoms with E-state index in [1.165, 1.54) is 0 Å². The smallest absolute Gasteiger partial charge is 0.235 e. The minimum atomic E-state index is -0.464. The first kappa shape index (κ1) is 16.8. The molecule has 24 heavy (non-hydrogen) atoms. The van der Waals surface area contributed by atoms with Crippen LogP contribution in [0.4, 0.5) is 5.69 Å². The Morgan fingerprint density at radius 1 is 1.08 bits per heavy atom. The van der Waals surface area contributed by atoms with Crippen LogP contribution in [0.1, 0.15) is 24.8 Å². The Bertz CT molecular complexity index is 739. The van der Waals surface area contributed by atoms with Crippen molar-refractivity contribution in [2.75, 3.05) is 19.5 Å². The van der Waals surface area contributed by atoms with Crippen LogP contribution in [-0.4, -0.2) is 20.1 Å². The van der Waals surface area contributed by atoms with E-state index in [0.717, 1.165) is 29.3 Å². The average molecular weight is 390 g/mol. The van der Waals surface area contributed by atoms with Crippen LogP contribution in [0, 0.1) is 0 Å². The molecule has 126 valence electrons. The van der Waals surface area contributed by atoms with Gasteiger partial charge in [0.25, 0.3) is 0 Å². The second-order valence-corrected chi connectivity index (χ2v) is 6.88. The van der Waals surface area contributed by atoms with Crippen LogP contribution >= 0.6 is 15.9 Å². The molecular weight excluding hydrogens is 370 g/mol. The summed E-state index contributed by atoms with van der Waals surface area (Å²) in [5.74, 6) is 1.30. The van der Waals surface area contributed by atoms with Gasteiger partial charge in [-0.2, -0.15) is 0 Å². The third kappa shape index (κ3) is 3.00. The van der Waals surface area contributed by atoms with Gasteiger partial charge in [0.05, 0.1) is 25.3 Å². The molecule has 1 amide bonds. The lowest BCUT2D eigenvalue weighted by Gasteiger charge is -2.40. The van der Waals surface area contributed by atoms with E-state index < -0.39 is 5.41 Å². The summed E-state index contributed by atoms with van der Waals surface area (Å²) in [6.45, 7) is 0. The lowest BCUT2D eigenvalue weighted by Crippen LogP contribution is -2.46. The third-order valence-electron chi connectivity index (χ3n) is 4.69. The number of amides is 1. The maximum Gasteiger partial charge on any atom is 0.235 e. The number of halogens is 1. The van der Waals surface area contributed by atoms with Crippen molar-refractivity contribution in [1.29, 1.82) is 0 Å². The standard InChI is InChI=1S/C19H20BrNO3/c1-23-15-8-9-17(24-2)16(12-15)21-18(22)19(10-3-11-19)13-4-6-14(20)7-5-13/h4-9,12H,3,10-11H2,1-2H3,(H,21,22). The van der Waals surface area contributed by atoms with Crippen LogP contribution < -0.4 is 14.8 Å². The molecule has 4 nitrogen and oxygen atoms in total. The molecule has 1 aliphatic carbocycles. The lowest BCUT2D eigenvalue weighted by atomic mass is 9.64. The second kappa shape index (κ2) is 6.85. The van der Waals surface area contributed by atoms with Crippen molar-refractivity contribution in [3.8, 4) is 11.5 Å². The summed E-state index contributed by atoms with van der Waals surface area (Å²) in [6.07, 6.45) is 2.76. The summed E-state index contributed by atoms with van der Waals surface area (Å²) in [5.41, 5.74) is 1.22. The minimum absolute atomic E-state index is 0.00243. The largest absolute Gasteiger partial charge is 0.497 e. The molecule has 0 unspecified atom stereocenters. The third-order valence-corrected chi connectivity index (χ3v) is 5.22. The zero-order valence-electron chi connectivity index (χ0n) is 13.8. The van der Waals surface area contributed by atoms with Crippen molar-refractivity contribution in [3.63, 3.8) is 0 Å². The fourth-order valence-corrected chi connectivity index (χ4v) is 3.36. The van der Waals surface area contributed by atoms with E-state index >= 15 is 0 Å². The molecule has 0 heterocycles. The number of methoxy groups -OCH3 is 2. The number of benzene rings is 2. The fourth-order valence-electron chi connectivity index (χ4n) is 3.10. The van der Waals surface area contributed by atoms with Gasteiger partial charge in [-0.05, 0) is 42.7 Å². The number of rotatable bonds is 5. The quantitative estimate of drug-likeness (QED) is 0.816. The number of carbonyl (C=O) groups excluding carboxylic acids is 1. The van der Waals surface area contributed by atoms with Crippen LogP contribution in [0.25, 0.3) is 0 Å². The molecule has 2 aromatic carbocycles. The summed E-state index contributed by atoms with van der Waals surface area (Å²) in [5, 5.41) is 3.04. The summed E-state index contributed by atoms with van der Waals surface area (Å²) in [4.78, 5) is 13.1. The van der Waals surface area contributed by atoms with Crippen LogP contribution in [0.15, 0.2) is 46.9 Å². The molecule has 5 heteroatoms. The van der Waals surface area contributed by atoms with E-state index in [1.54, 1.807) is 26.4 Å². The Morgan fingerprint density at radius 3 is 2.33 bits per heavy atom. The zero-order valence-corrected chi connectivity index (χ0v) is 15.4. The summed E-state index contributed by atoms with van der Waals surface area (Å²) >= 11 is 3.45. The van der Waals surface area contributed by atoms with Crippen molar-refractivity contribution in [2.24, 2.45) is 0 Å². The first-order valence-corrected chi connectivity index (χ1v) is 8.68. The number of ether oxygens (including phenoxy) is 2. The van der Waals surface area contributed by atoms with E-state index in [-0.39, 0.29) is 5.91 Å². The molecule has 1 fully saturated rings. The van der Waals surface area contributed by atoms with Gasteiger partial charge in [-0.3, -0.25) is 4.79 Å². The fraction of sp³-hybridized carbons (Fsp3) is 0.316. The van der Waals surface area contributed by atoms with Gasteiger partial charge in [0.2, 0.25) is 5.91 Å². The molecule has 1 saturated carbocycles. The van der Waals surface area contributed by atoms with Gasteiger partial charge in [-0.1, -0.05) is 34.5 Å². The molecule has 0 bridgehead atoms. The molecular formula is C19H20BrNO3. The van der Waals surface area contributed by atoms with Gasteiger partial charge in [0.1, 0.15) is 11.5 Å². The minimum Gasteiger partial charge on any atom is -0.497 e. The highest BCUT2D eigenvalue weighted by molar-refractivity contribution is 9.10. The SMILES string of the molecule is COc1ccc(OC)c(NC(=O)C2(c3ccc(Br)cc3)CCC2)c1. The Balaban J connectivity index is 1.89. The highest BCUT2D eigenvalue weighted by Crippen LogP contribution is 2.45. The number of carbonyl (C=O) groups is 1. The van der Waals surface area contributed by atoms with Gasteiger partial charge in [0, 0.05) is 10.5 Å². The monoisotopic (exact) mass is 389 g/mol. The van der Waals surface area contributed by atoms with Gasteiger partial charge >= 0.3 is 0 Å². The van der Waals surface area contributed by atoms with Gasteiger partial charge in [0.15, 0.2) is 0 Å². The maximum atomic E-state index is 13.1. The van der Waals surface area contributed by atoms with Crippen LogP contribution in [0.2, 0.25) is 0 Å². The van der Waals surface area contributed by atoms with Crippen LogP contribution in [0.3, 0.4) is 0 Å². The second-order valence-electron chi connectivity index (χ2n) is 5.96. The molecule has 0 aromatic heterocycles. The number of nitrogens with one attached hydrogen (secondary N) is 1. The van der Waals surface area contributed by atoms with E-state index in [2.05, 4.69) is 21.2 Å². The summed E-state index contributed by atoms with van der Waals surface area (Å²) in [6, 6.07) is 13.4. The molecule has 0 spiro atoms. The zero-order chi connectivity index (χ0) is 17.2. The maximum absolute atomic E-state index is 13.1. The lowest BCUT2D eigenvalue weighted by molar-refractivity contribution is -0.124. The highest BCUT2D eigenvalue weighted by Gasteiger charge is 2.45. The normalized spacial score (nSPS) is 15.3. The Morgan fingerprint density at radius 2 is 1.79 bits per heavy atom. The predicted octanol–water partition coefficient (Wildman–Crippen LogP) is 4.53. The molecule has 1 N–H and O–H groups in total. The van der Waals surface area contributed by atoms with E-state index in [1.807, 2.05) is 30.3 Å². The molecule has 0 radical (unpaired) electrons. The number of hydrogen-bond donors (Lipinski definition) is 1. The molecule has 0 saturated heterocycles. The van der Waals surface area contributed by atoms with Crippen molar-refractivity contribution in [2.45, 2.75) is 24.7 Å². The number of anilines is 1. The Hall–Kier alpha value is -2.01. The van der Waals surface area contributed by atoms with Gasteiger partial charge in [-0.25, -0.2) is 0 Å². The molecule has 0 atom stereocenters. The summed E-state index contributed by atoms with van der Waals surface area (Å²) < 4.78 is 11.6. The van der Waals surface area contributed by atoms with E-state index in [4.69, 9.17) is 9.47 Å². The molecule has 3 rings (SSSR count). The Labute approximate surface area is 150 Å². The van der Waals surface area contributed by atoms with Crippen molar-refractivity contribution < 1.29 is 14.3 Å². The molecule has 1 aliphatic rings.